The summed E-state index contributed by atoms with van der Waals surface area (Å²) >= 11 is 3.64. The van der Waals surface area contributed by atoms with Crippen molar-refractivity contribution in [1.82, 2.24) is 0 Å². The van der Waals surface area contributed by atoms with Crippen molar-refractivity contribution in [3.05, 3.63) is 58.6 Å². The van der Waals surface area contributed by atoms with E-state index in [1.807, 2.05) is 0 Å². The van der Waals surface area contributed by atoms with Crippen LogP contribution in [0.2, 0.25) is 0 Å². The van der Waals surface area contributed by atoms with Gasteiger partial charge in [-0.25, -0.2) is 0 Å². The van der Waals surface area contributed by atoms with E-state index in [0.717, 1.165) is 46.5 Å². The Balaban J connectivity index is 1.93. The fraction of sp³-hybridized carbons (Fsp3) is 0.533. The highest BCUT2D eigenvalue weighted by atomic mass is 79.9. The minimum atomic E-state index is -0.678. The summed E-state index contributed by atoms with van der Waals surface area (Å²) in [6.45, 7) is 4.49. The first-order valence-corrected chi connectivity index (χ1v) is 13.9. The molecular weight excluding hydrogens is 470 g/mol. The summed E-state index contributed by atoms with van der Waals surface area (Å²) in [5.74, 6) is 0. The number of hydrogen-bond donors (Lipinski definition) is 2. The van der Waals surface area contributed by atoms with Crippen molar-refractivity contribution in [2.24, 2.45) is 5.73 Å². The number of aliphatic hydroxyl groups excluding tert-OH is 1. The van der Waals surface area contributed by atoms with Crippen LogP contribution in [0.1, 0.15) is 103 Å². The third-order valence-electron chi connectivity index (χ3n) is 7.19. The van der Waals surface area contributed by atoms with Gasteiger partial charge in [-0.3, -0.25) is 0 Å². The lowest BCUT2D eigenvalue weighted by molar-refractivity contribution is 0.0694. The number of rotatable bonds is 14. The molecule has 0 aliphatic heterocycles. The maximum Gasteiger partial charge on any atom is 0.0975 e. The average Bonchev–Trinajstić information content (AvgIpc) is 2.82. The Morgan fingerprint density at radius 1 is 0.758 bits per heavy atom. The first-order valence-electron chi connectivity index (χ1n) is 13.1. The normalized spacial score (nSPS) is 13.1. The molecule has 33 heavy (non-hydrogen) atoms. The summed E-state index contributed by atoms with van der Waals surface area (Å²) in [5.41, 5.74) is 7.49. The number of fused-ring (bicyclic) bond motifs is 3. The van der Waals surface area contributed by atoms with Crippen molar-refractivity contribution >= 4 is 37.5 Å². The van der Waals surface area contributed by atoms with Gasteiger partial charge >= 0.3 is 0 Å². The Morgan fingerprint density at radius 3 is 2.00 bits per heavy atom. The van der Waals surface area contributed by atoms with Gasteiger partial charge in [-0.1, -0.05) is 124 Å². The van der Waals surface area contributed by atoms with Gasteiger partial charge in [-0.15, -0.1) is 0 Å². The number of benzene rings is 3. The molecule has 0 bridgehead atoms. The van der Waals surface area contributed by atoms with E-state index in [0.29, 0.717) is 0 Å². The molecule has 3 aromatic rings. The maximum absolute atomic E-state index is 11.8. The van der Waals surface area contributed by atoms with Gasteiger partial charge in [0.25, 0.3) is 0 Å². The fourth-order valence-electron chi connectivity index (χ4n) is 5.15. The van der Waals surface area contributed by atoms with Crippen LogP contribution in [0, 0.1) is 0 Å². The zero-order valence-electron chi connectivity index (χ0n) is 20.6. The van der Waals surface area contributed by atoms with E-state index in [2.05, 4.69) is 78.3 Å². The Hall–Kier alpha value is -1.42. The largest absolute Gasteiger partial charge is 0.386 e. The van der Waals surface area contributed by atoms with Crippen LogP contribution in [0.5, 0.6) is 0 Å². The van der Waals surface area contributed by atoms with Crippen LogP contribution in [0.25, 0.3) is 21.5 Å². The summed E-state index contributed by atoms with van der Waals surface area (Å²) < 4.78 is 1.05. The van der Waals surface area contributed by atoms with Gasteiger partial charge < -0.3 is 10.8 Å². The first kappa shape index (κ1) is 26.2. The molecule has 0 heterocycles. The molecule has 3 heteroatoms. The molecule has 1 atom stereocenters. The van der Waals surface area contributed by atoms with E-state index in [9.17, 15) is 5.11 Å². The van der Waals surface area contributed by atoms with Crippen LogP contribution in [-0.4, -0.2) is 10.6 Å². The van der Waals surface area contributed by atoms with Crippen LogP contribution in [0.4, 0.5) is 0 Å². The second kappa shape index (κ2) is 12.9. The van der Waals surface area contributed by atoms with Gasteiger partial charge in [0.1, 0.15) is 0 Å². The van der Waals surface area contributed by atoms with Gasteiger partial charge in [-0.2, -0.15) is 0 Å². The zero-order chi connectivity index (χ0) is 23.7. The summed E-state index contributed by atoms with van der Waals surface area (Å²) in [5, 5.41) is 16.5. The fourth-order valence-corrected chi connectivity index (χ4v) is 5.52. The predicted octanol–water partition coefficient (Wildman–Crippen LogP) is 9.21. The molecule has 0 aromatic heterocycles. The van der Waals surface area contributed by atoms with Crippen molar-refractivity contribution in [3.8, 4) is 0 Å². The molecule has 180 valence electrons. The SMILES string of the molecule is CCCCCCCC(N)(CCCCCCC)C(O)c1cc2ccccc2c2cc(Br)ccc12. The second-order valence-electron chi connectivity index (χ2n) is 9.84. The standard InChI is InChI=1S/C30H42BrNO/c1-3-5-7-9-13-19-30(32,20-14-10-8-6-4-2)29(33)28-21-23-15-11-12-16-25(23)27-22-24(31)17-18-26(27)28/h11-12,15-18,21-22,29,33H,3-10,13-14,19-20,32H2,1-2H3. The van der Waals surface area contributed by atoms with E-state index in [4.69, 9.17) is 5.73 Å². The van der Waals surface area contributed by atoms with Crippen LogP contribution in [-0.2, 0) is 0 Å². The lowest BCUT2D eigenvalue weighted by Crippen LogP contribution is -2.46. The van der Waals surface area contributed by atoms with E-state index in [1.165, 1.54) is 62.1 Å². The van der Waals surface area contributed by atoms with E-state index in [-0.39, 0.29) is 0 Å². The monoisotopic (exact) mass is 511 g/mol. The molecule has 0 amide bonds. The average molecular weight is 513 g/mol. The molecule has 1 unspecified atom stereocenters. The number of nitrogens with two attached hydrogens (primary N) is 1. The molecule has 3 aromatic carbocycles. The highest BCUT2D eigenvalue weighted by molar-refractivity contribution is 9.10. The predicted molar refractivity (Wildman–Crippen MR) is 148 cm³/mol. The van der Waals surface area contributed by atoms with Crippen LogP contribution < -0.4 is 5.73 Å². The van der Waals surface area contributed by atoms with E-state index < -0.39 is 11.6 Å². The van der Waals surface area contributed by atoms with Crippen LogP contribution in [0.15, 0.2) is 53.0 Å². The van der Waals surface area contributed by atoms with Gasteiger partial charge in [0.15, 0.2) is 0 Å². The number of unbranched alkanes of at least 4 members (excludes halogenated alkanes) is 8. The van der Waals surface area contributed by atoms with E-state index in [1.54, 1.807) is 0 Å². The molecule has 0 spiro atoms. The highest BCUT2D eigenvalue weighted by Gasteiger charge is 2.35. The molecule has 0 aliphatic rings. The van der Waals surface area contributed by atoms with Gasteiger partial charge in [0.2, 0.25) is 0 Å². The van der Waals surface area contributed by atoms with E-state index >= 15 is 0 Å². The number of hydrogen-bond acceptors (Lipinski definition) is 2. The van der Waals surface area contributed by atoms with Gasteiger partial charge in [0, 0.05) is 10.0 Å². The Kier molecular flexibility index (Phi) is 10.2. The van der Waals surface area contributed by atoms with Gasteiger partial charge in [-0.05, 0) is 58.1 Å². The molecule has 0 radical (unpaired) electrons. The van der Waals surface area contributed by atoms with Crippen LogP contribution >= 0.6 is 15.9 Å². The maximum atomic E-state index is 11.8. The number of halogens is 1. The molecular formula is C30H42BrNO. The third-order valence-corrected chi connectivity index (χ3v) is 7.68. The Labute approximate surface area is 209 Å². The topological polar surface area (TPSA) is 46.2 Å². The van der Waals surface area contributed by atoms with Crippen molar-refractivity contribution in [2.45, 2.75) is 103 Å². The van der Waals surface area contributed by atoms with Crippen molar-refractivity contribution in [1.29, 1.82) is 0 Å². The smallest absolute Gasteiger partial charge is 0.0975 e. The molecule has 3 rings (SSSR count). The lowest BCUT2D eigenvalue weighted by atomic mass is 9.78. The molecule has 0 saturated heterocycles. The first-order chi connectivity index (χ1) is 16.0. The van der Waals surface area contributed by atoms with Crippen molar-refractivity contribution < 1.29 is 5.11 Å². The highest BCUT2D eigenvalue weighted by Crippen LogP contribution is 2.40. The summed E-state index contributed by atoms with van der Waals surface area (Å²) in [6.07, 6.45) is 13.2. The molecule has 0 aliphatic carbocycles. The number of aliphatic hydroxyl groups is 1. The van der Waals surface area contributed by atoms with Crippen molar-refractivity contribution in [3.63, 3.8) is 0 Å². The Bertz CT molecular complexity index is 1000. The quantitative estimate of drug-likeness (QED) is 0.167. The Morgan fingerprint density at radius 2 is 1.36 bits per heavy atom. The minimum Gasteiger partial charge on any atom is -0.386 e. The third kappa shape index (κ3) is 6.81. The molecule has 3 N–H and O–H groups in total. The molecule has 2 nitrogen and oxygen atoms in total. The van der Waals surface area contributed by atoms with Gasteiger partial charge in [0.05, 0.1) is 6.10 Å². The summed E-state index contributed by atoms with van der Waals surface area (Å²) in [4.78, 5) is 0. The molecule has 0 fully saturated rings. The van der Waals surface area contributed by atoms with Crippen molar-refractivity contribution in [2.75, 3.05) is 0 Å². The minimum absolute atomic E-state index is 0.596. The summed E-state index contributed by atoms with van der Waals surface area (Å²) in [6, 6.07) is 17.0. The second-order valence-corrected chi connectivity index (χ2v) is 10.8. The molecule has 0 saturated carbocycles. The zero-order valence-corrected chi connectivity index (χ0v) is 22.2. The summed E-state index contributed by atoms with van der Waals surface area (Å²) in [7, 11) is 0. The lowest BCUT2D eigenvalue weighted by Gasteiger charge is -2.36. The van der Waals surface area contributed by atoms with Crippen LogP contribution in [0.3, 0.4) is 0 Å².